The van der Waals surface area contributed by atoms with Crippen molar-refractivity contribution in [1.29, 1.82) is 0 Å². The van der Waals surface area contributed by atoms with Gasteiger partial charge in [0.2, 0.25) is 15.9 Å². The van der Waals surface area contributed by atoms with Crippen molar-refractivity contribution in [2.24, 2.45) is 5.14 Å². The number of likely N-dealkylation sites (N-methyl/N-ethyl adjacent to an activating group) is 1. The Morgan fingerprint density at radius 2 is 1.90 bits per heavy atom. The van der Waals surface area contributed by atoms with E-state index in [0.717, 1.165) is 17.6 Å². The minimum atomic E-state index is -3.75. The zero-order chi connectivity index (χ0) is 15.6. The van der Waals surface area contributed by atoms with Gasteiger partial charge in [-0.1, -0.05) is 0 Å². The van der Waals surface area contributed by atoms with Gasteiger partial charge in [0.1, 0.15) is 14.0 Å². The average molecular weight is 340 g/mol. The van der Waals surface area contributed by atoms with Crippen LogP contribution < -0.4 is 5.14 Å². The Bertz CT molecular complexity index is 690. The molecule has 0 spiro atoms. The first kappa shape index (κ1) is 17.1. The molecule has 0 aliphatic rings. The minimum Gasteiger partial charge on any atom is -0.344 e. The molecular weight excluding hydrogens is 324 g/mol. The van der Waals surface area contributed by atoms with Gasteiger partial charge in [-0.25, -0.2) is 22.0 Å². The van der Waals surface area contributed by atoms with E-state index in [2.05, 4.69) is 0 Å². The van der Waals surface area contributed by atoms with Crippen LogP contribution in [0.2, 0.25) is 0 Å². The Labute approximate surface area is 122 Å². The summed E-state index contributed by atoms with van der Waals surface area (Å²) < 4.78 is 44.2. The molecule has 0 fully saturated rings. The van der Waals surface area contributed by atoms with Gasteiger partial charge in [0.25, 0.3) is 0 Å². The molecule has 0 atom stereocenters. The predicted octanol–water partition coefficient (Wildman–Crippen LogP) is -0.559. The Hall–Kier alpha value is -0.970. The van der Waals surface area contributed by atoms with Crippen LogP contribution in [0.3, 0.4) is 0 Å². The van der Waals surface area contributed by atoms with Gasteiger partial charge in [-0.3, -0.25) is 4.79 Å². The number of hydrogen-bond acceptors (Lipinski definition) is 6. The second-order valence-corrected chi connectivity index (χ2v) is 9.60. The number of amides is 1. The van der Waals surface area contributed by atoms with Crippen LogP contribution in [0.1, 0.15) is 4.88 Å². The van der Waals surface area contributed by atoms with E-state index in [0.29, 0.717) is 4.88 Å². The van der Waals surface area contributed by atoms with E-state index >= 15 is 0 Å². The molecule has 1 aromatic heterocycles. The minimum absolute atomic E-state index is 0.000843. The van der Waals surface area contributed by atoms with Crippen LogP contribution in [0.25, 0.3) is 0 Å². The molecule has 0 unspecified atom stereocenters. The van der Waals surface area contributed by atoms with E-state index in [1.54, 1.807) is 0 Å². The number of thiophene rings is 1. The van der Waals surface area contributed by atoms with Gasteiger partial charge < -0.3 is 4.90 Å². The van der Waals surface area contributed by atoms with Crippen LogP contribution in [-0.4, -0.2) is 53.2 Å². The van der Waals surface area contributed by atoms with Crippen molar-refractivity contribution in [1.82, 2.24) is 4.90 Å². The van der Waals surface area contributed by atoms with Crippen LogP contribution >= 0.6 is 11.3 Å². The zero-order valence-corrected chi connectivity index (χ0v) is 13.5. The smallest absolute Gasteiger partial charge is 0.247 e. The van der Waals surface area contributed by atoms with Crippen molar-refractivity contribution < 1.29 is 21.6 Å². The molecule has 0 aromatic carbocycles. The summed E-state index contributed by atoms with van der Waals surface area (Å²) >= 11 is 0.930. The lowest BCUT2D eigenvalue weighted by molar-refractivity contribution is -0.128. The quantitative estimate of drug-likeness (QED) is 0.745. The molecule has 0 bridgehead atoms. The number of carbonyl (C=O) groups excluding carboxylic acids is 1. The van der Waals surface area contributed by atoms with Crippen molar-refractivity contribution >= 4 is 37.1 Å². The Morgan fingerprint density at radius 3 is 2.35 bits per heavy atom. The SMILES string of the molecule is CN(CCS(C)(=O)=O)C(=O)Cc1ccc(S(N)(=O)=O)s1. The van der Waals surface area contributed by atoms with Gasteiger partial charge in [0.05, 0.1) is 12.2 Å². The normalized spacial score (nSPS) is 12.3. The van der Waals surface area contributed by atoms with Crippen LogP contribution in [-0.2, 0) is 31.1 Å². The summed E-state index contributed by atoms with van der Waals surface area (Å²) in [7, 11) is -5.38. The van der Waals surface area contributed by atoms with Crippen LogP contribution in [0.15, 0.2) is 16.3 Å². The van der Waals surface area contributed by atoms with Gasteiger partial charge in [-0.05, 0) is 12.1 Å². The first-order valence-corrected chi connectivity index (χ1v) is 9.94. The largest absolute Gasteiger partial charge is 0.344 e. The molecule has 10 heteroatoms. The van der Waals surface area contributed by atoms with E-state index in [-0.39, 0.29) is 28.8 Å². The first-order valence-electron chi connectivity index (χ1n) is 5.52. The Kier molecular flexibility index (Phi) is 5.30. The fraction of sp³-hybridized carbons (Fsp3) is 0.500. The maximum absolute atomic E-state index is 11.8. The van der Waals surface area contributed by atoms with Gasteiger partial charge in [-0.2, -0.15) is 0 Å². The third-order valence-electron chi connectivity index (χ3n) is 2.47. The van der Waals surface area contributed by atoms with Crippen molar-refractivity contribution in [2.75, 3.05) is 25.6 Å². The number of nitrogens with zero attached hydrogens (tertiary/aromatic N) is 1. The van der Waals surface area contributed by atoms with E-state index < -0.39 is 19.9 Å². The first-order chi connectivity index (χ1) is 8.99. The standard InChI is InChI=1S/C10H16N2O5S3/c1-12(5-6-19(2,14)15)9(13)7-8-3-4-10(18-8)20(11,16)17/h3-4H,5-7H2,1-2H3,(H2,11,16,17). The van der Waals surface area contributed by atoms with Crippen molar-refractivity contribution in [3.63, 3.8) is 0 Å². The Balaban J connectivity index is 2.64. The van der Waals surface area contributed by atoms with Crippen molar-refractivity contribution in [3.8, 4) is 0 Å². The lowest BCUT2D eigenvalue weighted by Crippen LogP contribution is -2.32. The fourth-order valence-corrected chi connectivity index (χ4v) is 3.69. The van der Waals surface area contributed by atoms with Crippen molar-refractivity contribution in [2.45, 2.75) is 10.6 Å². The predicted molar refractivity (Wildman–Crippen MR) is 76.7 cm³/mol. The molecule has 7 nitrogen and oxygen atoms in total. The van der Waals surface area contributed by atoms with Gasteiger partial charge in [-0.15, -0.1) is 11.3 Å². The fourth-order valence-electron chi connectivity index (χ4n) is 1.32. The maximum atomic E-state index is 11.8. The monoisotopic (exact) mass is 340 g/mol. The highest BCUT2D eigenvalue weighted by molar-refractivity contribution is 7.91. The lowest BCUT2D eigenvalue weighted by atomic mass is 10.3. The Morgan fingerprint density at radius 1 is 1.30 bits per heavy atom. The second-order valence-electron chi connectivity index (χ2n) is 4.39. The molecule has 20 heavy (non-hydrogen) atoms. The number of hydrogen-bond donors (Lipinski definition) is 1. The van der Waals surface area contributed by atoms with E-state index in [9.17, 15) is 21.6 Å². The van der Waals surface area contributed by atoms with Crippen molar-refractivity contribution in [3.05, 3.63) is 17.0 Å². The molecule has 0 aliphatic carbocycles. The van der Waals surface area contributed by atoms with E-state index in [1.165, 1.54) is 24.1 Å². The average Bonchev–Trinajstić information content (AvgIpc) is 2.72. The second kappa shape index (κ2) is 6.20. The molecule has 1 amide bonds. The molecular formula is C10H16N2O5S3. The molecule has 1 rings (SSSR count). The summed E-state index contributed by atoms with van der Waals surface area (Å²) in [6.45, 7) is 0.102. The molecule has 0 aliphatic heterocycles. The number of rotatable bonds is 6. The number of sulfonamides is 1. The van der Waals surface area contributed by atoms with Crippen LogP contribution in [0, 0.1) is 0 Å². The number of nitrogens with two attached hydrogens (primary N) is 1. The highest BCUT2D eigenvalue weighted by Gasteiger charge is 2.16. The summed E-state index contributed by atoms with van der Waals surface area (Å²) in [5, 5.41) is 4.98. The third kappa shape index (κ3) is 5.57. The van der Waals surface area contributed by atoms with E-state index in [1.807, 2.05) is 0 Å². The topological polar surface area (TPSA) is 115 Å². The molecule has 1 heterocycles. The van der Waals surface area contributed by atoms with Crippen LogP contribution in [0.4, 0.5) is 0 Å². The zero-order valence-electron chi connectivity index (χ0n) is 11.1. The number of sulfone groups is 1. The molecule has 114 valence electrons. The van der Waals surface area contributed by atoms with Gasteiger partial charge >= 0.3 is 0 Å². The highest BCUT2D eigenvalue weighted by atomic mass is 32.2. The summed E-state index contributed by atoms with van der Waals surface area (Å²) in [4.78, 5) is 13.7. The summed E-state index contributed by atoms with van der Waals surface area (Å²) in [6.07, 6.45) is 1.11. The van der Waals surface area contributed by atoms with E-state index in [4.69, 9.17) is 5.14 Å². The highest BCUT2D eigenvalue weighted by Crippen LogP contribution is 2.21. The molecule has 1 aromatic rings. The number of carbonyl (C=O) groups is 1. The summed E-state index contributed by atoms with van der Waals surface area (Å²) in [5.41, 5.74) is 0. The number of primary sulfonamides is 1. The molecule has 0 radical (unpaired) electrons. The summed E-state index contributed by atoms with van der Waals surface area (Å²) in [6, 6.07) is 2.87. The third-order valence-corrected chi connectivity index (χ3v) is 5.91. The lowest BCUT2D eigenvalue weighted by Gasteiger charge is -2.15. The van der Waals surface area contributed by atoms with Gasteiger partial charge in [0.15, 0.2) is 0 Å². The molecule has 2 N–H and O–H groups in total. The van der Waals surface area contributed by atoms with Crippen LogP contribution in [0.5, 0.6) is 0 Å². The molecule has 0 saturated carbocycles. The summed E-state index contributed by atoms with van der Waals surface area (Å²) in [5.74, 6) is -0.390. The van der Waals surface area contributed by atoms with Gasteiger partial charge in [0, 0.05) is 24.7 Å². The maximum Gasteiger partial charge on any atom is 0.247 e. The molecule has 0 saturated heterocycles.